The standard InChI is InChI=1S/C11H14ClN3O/c1-6(16)10(13-2)11-14-8-4-3-7(12)5-9(8)15-11/h3-6,10,13,16H,1-2H3,(H,14,15)/t6-,10+/m1/s1. The number of hydrogen-bond acceptors (Lipinski definition) is 3. The molecule has 0 aliphatic heterocycles. The van der Waals surface area contributed by atoms with E-state index in [2.05, 4.69) is 15.3 Å². The molecule has 2 aromatic rings. The lowest BCUT2D eigenvalue weighted by Gasteiger charge is -2.16. The van der Waals surface area contributed by atoms with Crippen LogP contribution in [0.3, 0.4) is 0 Å². The van der Waals surface area contributed by atoms with Crippen molar-refractivity contribution in [3.05, 3.63) is 29.0 Å². The van der Waals surface area contributed by atoms with Crippen molar-refractivity contribution < 1.29 is 5.11 Å². The highest BCUT2D eigenvalue weighted by Crippen LogP contribution is 2.21. The highest BCUT2D eigenvalue weighted by Gasteiger charge is 2.18. The molecule has 0 radical (unpaired) electrons. The van der Waals surface area contributed by atoms with Crippen molar-refractivity contribution in [1.29, 1.82) is 0 Å². The van der Waals surface area contributed by atoms with Gasteiger partial charge in [-0.3, -0.25) is 0 Å². The highest BCUT2D eigenvalue weighted by molar-refractivity contribution is 6.31. The van der Waals surface area contributed by atoms with Crippen LogP contribution in [0.15, 0.2) is 18.2 Å². The second kappa shape index (κ2) is 4.41. The van der Waals surface area contributed by atoms with Crippen LogP contribution in [0.5, 0.6) is 0 Å². The first kappa shape index (κ1) is 11.4. The summed E-state index contributed by atoms with van der Waals surface area (Å²) in [5.74, 6) is 0.717. The van der Waals surface area contributed by atoms with Crippen LogP contribution in [0.2, 0.25) is 5.02 Å². The molecule has 1 aromatic carbocycles. The Hall–Kier alpha value is -1.10. The summed E-state index contributed by atoms with van der Waals surface area (Å²) < 4.78 is 0. The van der Waals surface area contributed by atoms with E-state index in [0.717, 1.165) is 16.9 Å². The molecule has 1 aromatic heterocycles. The Morgan fingerprint density at radius 2 is 2.25 bits per heavy atom. The average Bonchev–Trinajstić information content (AvgIpc) is 2.60. The van der Waals surface area contributed by atoms with Gasteiger partial charge in [0.15, 0.2) is 0 Å². The molecule has 3 N–H and O–H groups in total. The molecule has 2 rings (SSSR count). The Morgan fingerprint density at radius 3 is 2.88 bits per heavy atom. The molecule has 0 spiro atoms. The van der Waals surface area contributed by atoms with E-state index < -0.39 is 6.10 Å². The largest absolute Gasteiger partial charge is 0.391 e. The number of fused-ring (bicyclic) bond motifs is 1. The van der Waals surface area contributed by atoms with E-state index in [1.165, 1.54) is 0 Å². The van der Waals surface area contributed by atoms with Gasteiger partial charge < -0.3 is 15.4 Å². The number of H-pyrrole nitrogens is 1. The molecule has 16 heavy (non-hydrogen) atoms. The van der Waals surface area contributed by atoms with Gasteiger partial charge in [0.05, 0.1) is 23.2 Å². The van der Waals surface area contributed by atoms with E-state index in [0.29, 0.717) is 5.02 Å². The highest BCUT2D eigenvalue weighted by atomic mass is 35.5. The first-order valence-corrected chi connectivity index (χ1v) is 5.50. The average molecular weight is 240 g/mol. The van der Waals surface area contributed by atoms with E-state index in [-0.39, 0.29) is 6.04 Å². The van der Waals surface area contributed by atoms with Crippen molar-refractivity contribution >= 4 is 22.6 Å². The summed E-state index contributed by atoms with van der Waals surface area (Å²) in [7, 11) is 1.79. The first-order valence-electron chi connectivity index (χ1n) is 5.12. The lowest BCUT2D eigenvalue weighted by Crippen LogP contribution is -2.28. The molecular formula is C11H14ClN3O. The molecule has 0 amide bonds. The van der Waals surface area contributed by atoms with Gasteiger partial charge in [-0.25, -0.2) is 4.98 Å². The lowest BCUT2D eigenvalue weighted by molar-refractivity contribution is 0.146. The van der Waals surface area contributed by atoms with Crippen LogP contribution in [0, 0.1) is 0 Å². The smallest absolute Gasteiger partial charge is 0.127 e. The van der Waals surface area contributed by atoms with Crippen LogP contribution >= 0.6 is 11.6 Å². The van der Waals surface area contributed by atoms with Gasteiger partial charge in [-0.2, -0.15) is 0 Å². The molecule has 0 saturated heterocycles. The number of hydrogen-bond donors (Lipinski definition) is 3. The number of aliphatic hydroxyl groups excluding tert-OH is 1. The Bertz CT molecular complexity index is 495. The van der Waals surface area contributed by atoms with Crippen LogP contribution < -0.4 is 5.32 Å². The molecule has 4 nitrogen and oxygen atoms in total. The minimum absolute atomic E-state index is 0.203. The number of aromatic nitrogens is 2. The van der Waals surface area contributed by atoms with Crippen LogP contribution in [-0.2, 0) is 0 Å². The Balaban J connectivity index is 2.45. The van der Waals surface area contributed by atoms with Gasteiger partial charge in [-0.05, 0) is 32.2 Å². The topological polar surface area (TPSA) is 60.9 Å². The van der Waals surface area contributed by atoms with Gasteiger partial charge in [0.25, 0.3) is 0 Å². The van der Waals surface area contributed by atoms with E-state index in [4.69, 9.17) is 11.6 Å². The molecule has 5 heteroatoms. The molecule has 2 atom stereocenters. The van der Waals surface area contributed by atoms with E-state index in [1.807, 2.05) is 12.1 Å². The van der Waals surface area contributed by atoms with E-state index >= 15 is 0 Å². The molecule has 86 valence electrons. The molecule has 0 aliphatic rings. The number of aromatic amines is 1. The number of halogens is 1. The zero-order valence-corrected chi connectivity index (χ0v) is 9.92. The predicted octanol–water partition coefficient (Wildman–Crippen LogP) is 1.86. The zero-order valence-electron chi connectivity index (χ0n) is 9.16. The lowest BCUT2D eigenvalue weighted by atomic mass is 10.2. The summed E-state index contributed by atoms with van der Waals surface area (Å²) in [6, 6.07) is 5.27. The van der Waals surface area contributed by atoms with Crippen molar-refractivity contribution in [1.82, 2.24) is 15.3 Å². The third-order valence-electron chi connectivity index (χ3n) is 2.55. The number of likely N-dealkylation sites (N-methyl/N-ethyl adjacent to an activating group) is 1. The Kier molecular flexibility index (Phi) is 3.14. The maximum absolute atomic E-state index is 9.60. The van der Waals surface area contributed by atoms with E-state index in [1.54, 1.807) is 20.0 Å². The summed E-state index contributed by atoms with van der Waals surface area (Å²) >= 11 is 5.89. The molecule has 1 heterocycles. The number of benzene rings is 1. The van der Waals surface area contributed by atoms with Crippen LogP contribution in [0.4, 0.5) is 0 Å². The van der Waals surface area contributed by atoms with Crippen molar-refractivity contribution in [3.63, 3.8) is 0 Å². The number of nitrogens with zero attached hydrogens (tertiary/aromatic N) is 1. The summed E-state index contributed by atoms with van der Waals surface area (Å²) in [5, 5.41) is 13.3. The Labute approximate surface area is 98.6 Å². The van der Waals surface area contributed by atoms with Crippen molar-refractivity contribution in [2.24, 2.45) is 0 Å². The Morgan fingerprint density at radius 1 is 1.50 bits per heavy atom. The quantitative estimate of drug-likeness (QED) is 0.766. The molecule has 0 saturated carbocycles. The van der Waals surface area contributed by atoms with Gasteiger partial charge in [0, 0.05) is 5.02 Å². The minimum atomic E-state index is -0.513. The molecule has 0 fully saturated rings. The van der Waals surface area contributed by atoms with Crippen molar-refractivity contribution in [2.45, 2.75) is 19.1 Å². The van der Waals surface area contributed by atoms with Gasteiger partial charge in [0.2, 0.25) is 0 Å². The molecule has 0 bridgehead atoms. The third kappa shape index (κ3) is 2.04. The van der Waals surface area contributed by atoms with Gasteiger partial charge >= 0.3 is 0 Å². The van der Waals surface area contributed by atoms with Gasteiger partial charge in [-0.1, -0.05) is 11.6 Å². The van der Waals surface area contributed by atoms with Crippen LogP contribution in [0.25, 0.3) is 11.0 Å². The van der Waals surface area contributed by atoms with Crippen LogP contribution in [-0.4, -0.2) is 28.2 Å². The molecule has 0 aliphatic carbocycles. The number of nitrogens with one attached hydrogen (secondary N) is 2. The first-order chi connectivity index (χ1) is 7.61. The number of aliphatic hydroxyl groups is 1. The van der Waals surface area contributed by atoms with Crippen LogP contribution in [0.1, 0.15) is 18.8 Å². The summed E-state index contributed by atoms with van der Waals surface area (Å²) in [5.41, 5.74) is 1.73. The predicted molar refractivity (Wildman–Crippen MR) is 64.6 cm³/mol. The van der Waals surface area contributed by atoms with Gasteiger partial charge in [-0.15, -0.1) is 0 Å². The maximum Gasteiger partial charge on any atom is 0.127 e. The van der Waals surface area contributed by atoms with Gasteiger partial charge in [0.1, 0.15) is 5.82 Å². The van der Waals surface area contributed by atoms with Crippen molar-refractivity contribution in [2.75, 3.05) is 7.05 Å². The number of rotatable bonds is 3. The fourth-order valence-electron chi connectivity index (χ4n) is 1.76. The summed E-state index contributed by atoms with van der Waals surface area (Å²) in [6.45, 7) is 1.72. The van der Waals surface area contributed by atoms with Crippen molar-refractivity contribution in [3.8, 4) is 0 Å². The summed E-state index contributed by atoms with van der Waals surface area (Å²) in [4.78, 5) is 7.56. The number of imidazole rings is 1. The monoisotopic (exact) mass is 239 g/mol. The SMILES string of the molecule is CN[C@H](c1nc2ccc(Cl)cc2[nH]1)[C@@H](C)O. The maximum atomic E-state index is 9.60. The second-order valence-electron chi connectivity index (χ2n) is 3.79. The second-order valence-corrected chi connectivity index (χ2v) is 4.23. The zero-order chi connectivity index (χ0) is 11.7. The molecular weight excluding hydrogens is 226 g/mol. The van der Waals surface area contributed by atoms with E-state index in [9.17, 15) is 5.11 Å². The third-order valence-corrected chi connectivity index (χ3v) is 2.79. The summed E-state index contributed by atoms with van der Waals surface area (Å²) in [6.07, 6.45) is -0.513. The normalized spacial score (nSPS) is 15.2. The fourth-order valence-corrected chi connectivity index (χ4v) is 1.93. The minimum Gasteiger partial charge on any atom is -0.391 e. The fraction of sp³-hybridized carbons (Fsp3) is 0.364. The molecule has 0 unspecified atom stereocenters.